The molecular formula is C7H7BrN2O2. The molecule has 64 valence electrons. The van der Waals surface area contributed by atoms with Crippen molar-refractivity contribution < 1.29 is 9.90 Å². The molecule has 1 saturated carbocycles. The molecule has 2 rings (SSSR count). The Morgan fingerprint density at radius 2 is 2.33 bits per heavy atom. The van der Waals surface area contributed by atoms with Gasteiger partial charge in [0.1, 0.15) is 0 Å². The molecule has 0 radical (unpaired) electrons. The van der Waals surface area contributed by atoms with Crippen LogP contribution in [0.1, 0.15) is 34.9 Å². The van der Waals surface area contributed by atoms with Crippen molar-refractivity contribution in [2.24, 2.45) is 0 Å². The Kier molecular flexibility index (Phi) is 1.68. The first-order valence-electron chi connectivity index (χ1n) is 3.67. The summed E-state index contributed by atoms with van der Waals surface area (Å²) in [5.74, 6) is -0.575. The molecule has 1 aromatic heterocycles. The van der Waals surface area contributed by atoms with Gasteiger partial charge in [-0.25, -0.2) is 9.78 Å². The van der Waals surface area contributed by atoms with Gasteiger partial charge in [0.2, 0.25) is 0 Å². The van der Waals surface area contributed by atoms with Crippen molar-refractivity contribution in [3.8, 4) is 0 Å². The third kappa shape index (κ3) is 1.24. The summed E-state index contributed by atoms with van der Waals surface area (Å²) < 4.78 is 0.502. The van der Waals surface area contributed by atoms with E-state index in [0.29, 0.717) is 10.7 Å². The average molecular weight is 231 g/mol. The minimum Gasteiger partial charge on any atom is -0.476 e. The second-order valence-electron chi connectivity index (χ2n) is 2.87. The number of carbonyl (C=O) groups is 1. The lowest BCUT2D eigenvalue weighted by atomic mass is 10.2. The third-order valence-corrected chi connectivity index (χ3v) is 2.27. The van der Waals surface area contributed by atoms with Gasteiger partial charge in [0.05, 0.1) is 5.69 Å². The van der Waals surface area contributed by atoms with Crippen molar-refractivity contribution in [2.45, 2.75) is 18.8 Å². The van der Waals surface area contributed by atoms with Gasteiger partial charge in [-0.1, -0.05) is 0 Å². The molecule has 0 spiro atoms. The number of hydrogen-bond donors (Lipinski definition) is 2. The number of H-pyrrole nitrogens is 1. The number of nitrogens with one attached hydrogen (secondary N) is 1. The largest absolute Gasteiger partial charge is 0.476 e. The highest BCUT2D eigenvalue weighted by atomic mass is 79.9. The number of aromatic carboxylic acids is 1. The van der Waals surface area contributed by atoms with Crippen LogP contribution in [0.15, 0.2) is 4.73 Å². The lowest BCUT2D eigenvalue weighted by molar-refractivity contribution is 0.0689. The zero-order valence-corrected chi connectivity index (χ0v) is 7.76. The van der Waals surface area contributed by atoms with Crippen molar-refractivity contribution in [3.05, 3.63) is 16.1 Å². The summed E-state index contributed by atoms with van der Waals surface area (Å²) >= 11 is 3.12. The summed E-state index contributed by atoms with van der Waals surface area (Å²) in [4.78, 5) is 17.4. The standard InChI is InChI=1S/C7H7BrN2O2/c8-7-9-4(3-1-2-3)5(10-7)6(11)12/h3H,1-2H2,(H,9,10)(H,11,12). The molecule has 1 heterocycles. The van der Waals surface area contributed by atoms with Crippen LogP contribution in [0, 0.1) is 0 Å². The number of halogens is 1. The minimum atomic E-state index is -0.959. The zero-order valence-electron chi connectivity index (χ0n) is 6.17. The maximum atomic E-state index is 10.7. The number of nitrogens with zero attached hydrogens (tertiary/aromatic N) is 1. The summed E-state index contributed by atoms with van der Waals surface area (Å²) in [6.07, 6.45) is 2.13. The van der Waals surface area contributed by atoms with Crippen LogP contribution < -0.4 is 0 Å². The van der Waals surface area contributed by atoms with Crippen LogP contribution >= 0.6 is 15.9 Å². The summed E-state index contributed by atoms with van der Waals surface area (Å²) in [7, 11) is 0. The van der Waals surface area contributed by atoms with Crippen LogP contribution in [0.25, 0.3) is 0 Å². The molecular weight excluding hydrogens is 224 g/mol. The molecule has 1 aliphatic carbocycles. The number of carboxylic acids is 1. The van der Waals surface area contributed by atoms with E-state index >= 15 is 0 Å². The van der Waals surface area contributed by atoms with Gasteiger partial charge >= 0.3 is 5.97 Å². The number of hydrogen-bond acceptors (Lipinski definition) is 2. The van der Waals surface area contributed by atoms with Gasteiger partial charge in [0.15, 0.2) is 10.4 Å². The van der Waals surface area contributed by atoms with Gasteiger partial charge in [0.25, 0.3) is 0 Å². The molecule has 4 nitrogen and oxygen atoms in total. The van der Waals surface area contributed by atoms with E-state index in [-0.39, 0.29) is 5.69 Å². The van der Waals surface area contributed by atoms with Crippen LogP contribution in [0.4, 0.5) is 0 Å². The average Bonchev–Trinajstić information content (AvgIpc) is 2.75. The van der Waals surface area contributed by atoms with Crippen molar-refractivity contribution in [3.63, 3.8) is 0 Å². The van der Waals surface area contributed by atoms with Gasteiger partial charge in [-0.3, -0.25) is 0 Å². The predicted molar refractivity (Wildman–Crippen MR) is 45.2 cm³/mol. The van der Waals surface area contributed by atoms with E-state index in [9.17, 15) is 4.79 Å². The lowest BCUT2D eigenvalue weighted by Gasteiger charge is -1.92. The summed E-state index contributed by atoms with van der Waals surface area (Å²) in [5.41, 5.74) is 0.916. The molecule has 0 saturated heterocycles. The van der Waals surface area contributed by atoms with Crippen molar-refractivity contribution in [2.75, 3.05) is 0 Å². The monoisotopic (exact) mass is 230 g/mol. The molecule has 5 heteroatoms. The molecule has 12 heavy (non-hydrogen) atoms. The smallest absolute Gasteiger partial charge is 0.356 e. The number of aromatic nitrogens is 2. The van der Waals surface area contributed by atoms with E-state index in [1.54, 1.807) is 0 Å². The van der Waals surface area contributed by atoms with E-state index in [1.165, 1.54) is 0 Å². The summed E-state index contributed by atoms with van der Waals surface area (Å²) in [6, 6.07) is 0. The minimum absolute atomic E-state index is 0.157. The zero-order chi connectivity index (χ0) is 8.72. The molecule has 0 unspecified atom stereocenters. The molecule has 2 N–H and O–H groups in total. The van der Waals surface area contributed by atoms with Crippen molar-refractivity contribution in [1.82, 2.24) is 9.97 Å². The number of aromatic amines is 1. The number of carboxylic acid groups (broad SMARTS) is 1. The number of rotatable bonds is 2. The normalized spacial score (nSPS) is 16.4. The van der Waals surface area contributed by atoms with Crippen molar-refractivity contribution >= 4 is 21.9 Å². The van der Waals surface area contributed by atoms with E-state index in [4.69, 9.17) is 5.11 Å². The maximum Gasteiger partial charge on any atom is 0.356 e. The Morgan fingerprint density at radius 3 is 2.83 bits per heavy atom. The third-order valence-electron chi connectivity index (χ3n) is 1.89. The van der Waals surface area contributed by atoms with E-state index in [0.717, 1.165) is 18.5 Å². The Bertz CT molecular complexity index is 330. The summed E-state index contributed by atoms with van der Waals surface area (Å²) in [6.45, 7) is 0. The second-order valence-corrected chi connectivity index (χ2v) is 3.62. The number of imidazole rings is 1. The molecule has 0 aromatic carbocycles. The van der Waals surface area contributed by atoms with Gasteiger partial charge in [-0.2, -0.15) is 0 Å². The van der Waals surface area contributed by atoms with Gasteiger partial charge in [-0.05, 0) is 28.8 Å². The predicted octanol–water partition coefficient (Wildman–Crippen LogP) is 1.75. The Morgan fingerprint density at radius 1 is 1.67 bits per heavy atom. The first-order chi connectivity index (χ1) is 5.68. The fourth-order valence-electron chi connectivity index (χ4n) is 1.19. The molecule has 0 bridgehead atoms. The van der Waals surface area contributed by atoms with Crippen LogP contribution in [0.5, 0.6) is 0 Å². The highest BCUT2D eigenvalue weighted by molar-refractivity contribution is 9.10. The molecule has 0 aliphatic heterocycles. The van der Waals surface area contributed by atoms with Gasteiger partial charge in [-0.15, -0.1) is 0 Å². The quantitative estimate of drug-likeness (QED) is 0.814. The molecule has 0 atom stereocenters. The van der Waals surface area contributed by atoms with Gasteiger partial charge < -0.3 is 10.1 Å². The Hall–Kier alpha value is -0.840. The maximum absolute atomic E-state index is 10.7. The lowest BCUT2D eigenvalue weighted by Crippen LogP contribution is -2.00. The second kappa shape index (κ2) is 2.58. The van der Waals surface area contributed by atoms with Gasteiger partial charge in [0, 0.05) is 5.92 Å². The van der Waals surface area contributed by atoms with Crippen LogP contribution in [0.2, 0.25) is 0 Å². The highest BCUT2D eigenvalue weighted by Crippen LogP contribution is 2.40. The topological polar surface area (TPSA) is 66.0 Å². The highest BCUT2D eigenvalue weighted by Gasteiger charge is 2.31. The van der Waals surface area contributed by atoms with Crippen LogP contribution in [-0.4, -0.2) is 21.0 Å². The van der Waals surface area contributed by atoms with Crippen LogP contribution in [-0.2, 0) is 0 Å². The SMILES string of the molecule is O=C(O)c1nc(Br)[nH]c1C1CC1. The molecule has 1 aromatic rings. The Balaban J connectivity index is 2.43. The van der Waals surface area contributed by atoms with E-state index in [1.807, 2.05) is 0 Å². The first-order valence-corrected chi connectivity index (χ1v) is 4.46. The molecule has 1 fully saturated rings. The Labute approximate surface area is 77.1 Å². The fraction of sp³-hybridized carbons (Fsp3) is 0.429. The first kappa shape index (κ1) is 7.79. The molecule has 1 aliphatic rings. The summed E-state index contributed by atoms with van der Waals surface area (Å²) in [5, 5.41) is 8.75. The van der Waals surface area contributed by atoms with E-state index < -0.39 is 5.97 Å². The van der Waals surface area contributed by atoms with Crippen LogP contribution in [0.3, 0.4) is 0 Å². The fourth-order valence-corrected chi connectivity index (χ4v) is 1.58. The van der Waals surface area contributed by atoms with E-state index in [2.05, 4.69) is 25.9 Å². The molecule has 0 amide bonds. The van der Waals surface area contributed by atoms with Crippen molar-refractivity contribution in [1.29, 1.82) is 0 Å².